The molecule has 0 aliphatic carbocycles. The van der Waals surface area contributed by atoms with E-state index in [2.05, 4.69) is 60.6 Å². The highest BCUT2D eigenvalue weighted by Gasteiger charge is 2.15. The topological polar surface area (TPSA) is 27.3 Å². The normalized spacial score (nSPS) is 18.9. The molecular formula is C19H31N3S. The van der Waals surface area contributed by atoms with Crippen LogP contribution in [-0.4, -0.2) is 36.2 Å². The summed E-state index contributed by atoms with van der Waals surface area (Å²) in [6.45, 7) is 11.4. The molecule has 1 aromatic rings. The second-order valence-corrected chi connectivity index (χ2v) is 7.47. The van der Waals surface area contributed by atoms with Crippen LogP contribution in [0.3, 0.4) is 0 Å². The standard InChI is InChI=1S/C19H31N3S/c1-15(2)17-7-9-18(10-8-17)21-19(23)20-11-5-13-22-12-4-6-16(3)14-22/h7-10,15-16H,4-6,11-14H2,1-3H3,(H2,20,21,23). The lowest BCUT2D eigenvalue weighted by Crippen LogP contribution is -2.37. The van der Waals surface area contributed by atoms with Gasteiger partial charge in [0.05, 0.1) is 0 Å². The lowest BCUT2D eigenvalue weighted by Gasteiger charge is -2.30. The summed E-state index contributed by atoms with van der Waals surface area (Å²) in [4.78, 5) is 2.58. The fourth-order valence-corrected chi connectivity index (χ4v) is 3.34. The number of thiocarbonyl (C=S) groups is 1. The van der Waals surface area contributed by atoms with Gasteiger partial charge in [-0.1, -0.05) is 32.9 Å². The predicted molar refractivity (Wildman–Crippen MR) is 104 cm³/mol. The lowest BCUT2D eigenvalue weighted by atomic mass is 10.0. The van der Waals surface area contributed by atoms with E-state index in [1.165, 1.54) is 38.0 Å². The molecule has 1 aliphatic heterocycles. The Labute approximate surface area is 146 Å². The maximum atomic E-state index is 5.37. The molecule has 1 heterocycles. The summed E-state index contributed by atoms with van der Waals surface area (Å²) >= 11 is 5.37. The zero-order chi connectivity index (χ0) is 16.7. The van der Waals surface area contributed by atoms with Gasteiger partial charge < -0.3 is 15.5 Å². The quantitative estimate of drug-likeness (QED) is 0.602. The van der Waals surface area contributed by atoms with Crippen molar-refractivity contribution in [2.45, 2.75) is 46.0 Å². The highest BCUT2D eigenvalue weighted by molar-refractivity contribution is 7.80. The van der Waals surface area contributed by atoms with Crippen LogP contribution in [-0.2, 0) is 0 Å². The van der Waals surface area contributed by atoms with Gasteiger partial charge in [-0.25, -0.2) is 0 Å². The number of nitrogens with zero attached hydrogens (tertiary/aromatic N) is 1. The molecule has 0 amide bonds. The van der Waals surface area contributed by atoms with Crippen molar-refractivity contribution < 1.29 is 0 Å². The monoisotopic (exact) mass is 333 g/mol. The Morgan fingerprint density at radius 3 is 2.70 bits per heavy atom. The second kappa shape index (κ2) is 9.24. The molecule has 2 N–H and O–H groups in total. The molecule has 1 unspecified atom stereocenters. The van der Waals surface area contributed by atoms with E-state index in [1.807, 2.05) is 0 Å². The van der Waals surface area contributed by atoms with Crippen LogP contribution in [0.1, 0.15) is 51.5 Å². The predicted octanol–water partition coefficient (Wildman–Crippen LogP) is 4.22. The van der Waals surface area contributed by atoms with E-state index in [1.54, 1.807) is 0 Å². The fraction of sp³-hybridized carbons (Fsp3) is 0.632. The maximum absolute atomic E-state index is 5.37. The Balaban J connectivity index is 1.63. The summed E-state index contributed by atoms with van der Waals surface area (Å²) in [5.41, 5.74) is 2.40. The summed E-state index contributed by atoms with van der Waals surface area (Å²) in [7, 11) is 0. The summed E-state index contributed by atoms with van der Waals surface area (Å²) in [5, 5.41) is 7.29. The van der Waals surface area contributed by atoms with Crippen LogP contribution in [0.4, 0.5) is 5.69 Å². The summed E-state index contributed by atoms with van der Waals surface area (Å²) in [6.07, 6.45) is 3.88. The van der Waals surface area contributed by atoms with Crippen molar-refractivity contribution in [3.63, 3.8) is 0 Å². The Kier molecular flexibility index (Phi) is 7.31. The second-order valence-electron chi connectivity index (χ2n) is 7.06. The molecule has 0 spiro atoms. The third kappa shape index (κ3) is 6.48. The van der Waals surface area contributed by atoms with Crippen molar-refractivity contribution in [3.05, 3.63) is 29.8 Å². The van der Waals surface area contributed by atoms with Crippen LogP contribution in [0.5, 0.6) is 0 Å². The van der Waals surface area contributed by atoms with Gasteiger partial charge in [-0.15, -0.1) is 0 Å². The number of anilines is 1. The summed E-state index contributed by atoms with van der Waals surface area (Å²) in [5.74, 6) is 1.42. The summed E-state index contributed by atoms with van der Waals surface area (Å²) in [6, 6.07) is 8.51. The smallest absolute Gasteiger partial charge is 0.170 e. The molecule has 2 rings (SSSR count). The molecule has 3 nitrogen and oxygen atoms in total. The van der Waals surface area contributed by atoms with Gasteiger partial charge in [-0.05, 0) is 74.1 Å². The molecule has 4 heteroatoms. The minimum atomic E-state index is 0.562. The van der Waals surface area contributed by atoms with Crippen LogP contribution in [0, 0.1) is 5.92 Å². The van der Waals surface area contributed by atoms with E-state index < -0.39 is 0 Å². The first-order valence-electron chi connectivity index (χ1n) is 8.91. The largest absolute Gasteiger partial charge is 0.362 e. The number of rotatable bonds is 6. The number of nitrogens with one attached hydrogen (secondary N) is 2. The average molecular weight is 334 g/mol. The number of likely N-dealkylation sites (tertiary alicyclic amines) is 1. The molecule has 1 aliphatic rings. The minimum Gasteiger partial charge on any atom is -0.362 e. The van der Waals surface area contributed by atoms with Gasteiger partial charge >= 0.3 is 0 Å². The molecule has 0 radical (unpaired) electrons. The van der Waals surface area contributed by atoms with Gasteiger partial charge in [0, 0.05) is 18.8 Å². The average Bonchev–Trinajstić information content (AvgIpc) is 2.52. The van der Waals surface area contributed by atoms with Crippen LogP contribution in [0.2, 0.25) is 0 Å². The van der Waals surface area contributed by atoms with E-state index in [-0.39, 0.29) is 0 Å². The first-order chi connectivity index (χ1) is 11.0. The van der Waals surface area contributed by atoms with E-state index in [4.69, 9.17) is 12.2 Å². The van der Waals surface area contributed by atoms with Crippen molar-refractivity contribution in [2.24, 2.45) is 5.92 Å². The SMILES string of the molecule is CC1CCCN(CCCNC(=S)Nc2ccc(C(C)C)cc2)C1. The molecular weight excluding hydrogens is 302 g/mol. The van der Waals surface area contributed by atoms with E-state index in [9.17, 15) is 0 Å². The van der Waals surface area contributed by atoms with Crippen LogP contribution < -0.4 is 10.6 Å². The third-order valence-electron chi connectivity index (χ3n) is 4.51. The van der Waals surface area contributed by atoms with Gasteiger partial charge in [0.15, 0.2) is 5.11 Å². The molecule has 1 aromatic carbocycles. The number of piperidine rings is 1. The Hall–Kier alpha value is -1.13. The van der Waals surface area contributed by atoms with Crippen LogP contribution in [0.25, 0.3) is 0 Å². The third-order valence-corrected chi connectivity index (χ3v) is 4.76. The van der Waals surface area contributed by atoms with E-state index in [0.29, 0.717) is 11.0 Å². The fourth-order valence-electron chi connectivity index (χ4n) is 3.12. The molecule has 1 atom stereocenters. The van der Waals surface area contributed by atoms with E-state index in [0.717, 1.165) is 24.6 Å². The molecule has 0 saturated carbocycles. The lowest BCUT2D eigenvalue weighted by molar-refractivity contribution is 0.182. The first-order valence-corrected chi connectivity index (χ1v) is 9.32. The molecule has 0 aromatic heterocycles. The van der Waals surface area contributed by atoms with Crippen molar-refractivity contribution in [1.82, 2.24) is 10.2 Å². The van der Waals surface area contributed by atoms with Crippen molar-refractivity contribution in [3.8, 4) is 0 Å². The van der Waals surface area contributed by atoms with Crippen molar-refractivity contribution in [1.29, 1.82) is 0 Å². The number of hydrogen-bond acceptors (Lipinski definition) is 2. The van der Waals surface area contributed by atoms with Crippen molar-refractivity contribution >= 4 is 23.0 Å². The first kappa shape index (κ1) is 18.2. The maximum Gasteiger partial charge on any atom is 0.170 e. The molecule has 0 bridgehead atoms. The molecule has 1 fully saturated rings. The van der Waals surface area contributed by atoms with Gasteiger partial charge in [0.1, 0.15) is 0 Å². The Morgan fingerprint density at radius 1 is 1.30 bits per heavy atom. The minimum absolute atomic E-state index is 0.562. The zero-order valence-corrected chi connectivity index (χ0v) is 15.6. The van der Waals surface area contributed by atoms with Crippen LogP contribution in [0.15, 0.2) is 24.3 Å². The van der Waals surface area contributed by atoms with E-state index >= 15 is 0 Å². The highest BCUT2D eigenvalue weighted by Crippen LogP contribution is 2.17. The van der Waals surface area contributed by atoms with Crippen molar-refractivity contribution in [2.75, 3.05) is 31.5 Å². The Bertz CT molecular complexity index is 484. The van der Waals surface area contributed by atoms with Crippen LogP contribution >= 0.6 is 12.2 Å². The number of benzene rings is 1. The van der Waals surface area contributed by atoms with Gasteiger partial charge in [0.25, 0.3) is 0 Å². The molecule has 1 saturated heterocycles. The Morgan fingerprint density at radius 2 is 2.04 bits per heavy atom. The highest BCUT2D eigenvalue weighted by atomic mass is 32.1. The summed E-state index contributed by atoms with van der Waals surface area (Å²) < 4.78 is 0. The molecule has 128 valence electrons. The van der Waals surface area contributed by atoms with Gasteiger partial charge in [0.2, 0.25) is 0 Å². The van der Waals surface area contributed by atoms with Gasteiger partial charge in [-0.3, -0.25) is 0 Å². The zero-order valence-electron chi connectivity index (χ0n) is 14.8. The molecule has 23 heavy (non-hydrogen) atoms. The number of hydrogen-bond donors (Lipinski definition) is 2. The van der Waals surface area contributed by atoms with Gasteiger partial charge in [-0.2, -0.15) is 0 Å².